The molecular formula is C25H35N3O. The van der Waals surface area contributed by atoms with Crippen molar-refractivity contribution in [2.75, 3.05) is 19.6 Å². The molecule has 0 atom stereocenters. The first-order valence-corrected chi connectivity index (χ1v) is 10.9. The lowest BCUT2D eigenvalue weighted by Crippen LogP contribution is -2.50. The lowest BCUT2D eigenvalue weighted by molar-refractivity contribution is 0.110. The molecule has 29 heavy (non-hydrogen) atoms. The number of benzene rings is 2. The van der Waals surface area contributed by atoms with Gasteiger partial charge in [-0.25, -0.2) is 4.79 Å². The molecule has 0 spiro atoms. The van der Waals surface area contributed by atoms with Gasteiger partial charge in [0.25, 0.3) is 0 Å². The molecule has 3 rings (SSSR count). The summed E-state index contributed by atoms with van der Waals surface area (Å²) in [5.41, 5.74) is 3.56. The summed E-state index contributed by atoms with van der Waals surface area (Å²) in [4.78, 5) is 17.7. The molecule has 1 fully saturated rings. The lowest BCUT2D eigenvalue weighted by Gasteiger charge is -2.39. The molecule has 1 aliphatic heterocycles. The number of likely N-dealkylation sites (tertiary alicyclic amines) is 1. The molecule has 1 saturated heterocycles. The van der Waals surface area contributed by atoms with Crippen LogP contribution in [0, 0.1) is 12.8 Å². The highest BCUT2D eigenvalue weighted by Gasteiger charge is 2.28. The molecule has 1 N–H and O–H groups in total. The van der Waals surface area contributed by atoms with E-state index in [-0.39, 0.29) is 12.1 Å². The van der Waals surface area contributed by atoms with Crippen molar-refractivity contribution < 1.29 is 4.79 Å². The Labute approximate surface area is 175 Å². The summed E-state index contributed by atoms with van der Waals surface area (Å²) in [6.45, 7) is 11.1. The first-order chi connectivity index (χ1) is 14.0. The van der Waals surface area contributed by atoms with Gasteiger partial charge in [0.1, 0.15) is 0 Å². The summed E-state index contributed by atoms with van der Waals surface area (Å²) in [6, 6.07) is 19.0. The van der Waals surface area contributed by atoms with Crippen molar-refractivity contribution in [1.29, 1.82) is 0 Å². The van der Waals surface area contributed by atoms with Crippen LogP contribution in [0.2, 0.25) is 0 Å². The van der Waals surface area contributed by atoms with Crippen molar-refractivity contribution >= 4 is 6.03 Å². The second-order valence-electron chi connectivity index (χ2n) is 8.68. The highest BCUT2D eigenvalue weighted by molar-refractivity contribution is 5.74. The van der Waals surface area contributed by atoms with E-state index in [0.717, 1.165) is 38.0 Å². The number of aryl methyl sites for hydroxylation is 1. The van der Waals surface area contributed by atoms with Crippen LogP contribution in [-0.2, 0) is 13.1 Å². The van der Waals surface area contributed by atoms with Crippen molar-refractivity contribution in [3.05, 3.63) is 71.3 Å². The number of carbonyl (C=O) groups excluding carboxylic acids is 1. The average Bonchev–Trinajstić information content (AvgIpc) is 2.73. The van der Waals surface area contributed by atoms with E-state index in [1.54, 1.807) is 0 Å². The summed E-state index contributed by atoms with van der Waals surface area (Å²) < 4.78 is 0. The summed E-state index contributed by atoms with van der Waals surface area (Å²) in [7, 11) is 0. The van der Waals surface area contributed by atoms with Gasteiger partial charge >= 0.3 is 6.03 Å². The fraction of sp³-hybridized carbons (Fsp3) is 0.480. The van der Waals surface area contributed by atoms with Crippen LogP contribution in [0.1, 0.15) is 43.4 Å². The minimum atomic E-state index is 0.0386. The Bertz CT molecular complexity index is 749. The van der Waals surface area contributed by atoms with Crippen LogP contribution in [-0.4, -0.2) is 41.5 Å². The maximum Gasteiger partial charge on any atom is 0.318 e. The van der Waals surface area contributed by atoms with Gasteiger partial charge in [-0.05, 0) is 36.8 Å². The summed E-state index contributed by atoms with van der Waals surface area (Å²) in [5.74, 6) is 0.685. The molecule has 0 unspecified atom stereocenters. The van der Waals surface area contributed by atoms with Crippen LogP contribution in [0.4, 0.5) is 4.79 Å². The number of hydrogen-bond acceptors (Lipinski definition) is 2. The number of urea groups is 1. The van der Waals surface area contributed by atoms with E-state index in [0.29, 0.717) is 19.0 Å². The standard InChI is InChI=1S/C25H35N3O/c1-20(2)18-27-15-13-24(14-16-27)28(19-23-11-9-21(3)10-12-23)25(29)26-17-22-7-5-4-6-8-22/h4-12,20,24H,13-19H2,1-3H3,(H,26,29). The summed E-state index contributed by atoms with van der Waals surface area (Å²) in [6.07, 6.45) is 2.08. The second-order valence-corrected chi connectivity index (χ2v) is 8.68. The van der Waals surface area contributed by atoms with Crippen molar-refractivity contribution in [1.82, 2.24) is 15.1 Å². The summed E-state index contributed by atoms with van der Waals surface area (Å²) in [5, 5.41) is 3.14. The number of amides is 2. The smallest absolute Gasteiger partial charge is 0.318 e. The van der Waals surface area contributed by atoms with Gasteiger partial charge in [0.2, 0.25) is 0 Å². The second kappa shape index (κ2) is 10.4. The predicted molar refractivity (Wildman–Crippen MR) is 120 cm³/mol. The molecule has 0 aliphatic carbocycles. The normalized spacial score (nSPS) is 15.4. The van der Waals surface area contributed by atoms with Crippen molar-refractivity contribution in [2.24, 2.45) is 5.92 Å². The number of carbonyl (C=O) groups is 1. The monoisotopic (exact) mass is 393 g/mol. The minimum absolute atomic E-state index is 0.0386. The molecule has 0 saturated carbocycles. The Morgan fingerprint density at radius 1 is 1.03 bits per heavy atom. The Hall–Kier alpha value is -2.33. The highest BCUT2D eigenvalue weighted by Crippen LogP contribution is 2.20. The summed E-state index contributed by atoms with van der Waals surface area (Å²) >= 11 is 0. The molecule has 2 aromatic carbocycles. The van der Waals surface area contributed by atoms with Crippen LogP contribution in [0.25, 0.3) is 0 Å². The van der Waals surface area contributed by atoms with Gasteiger partial charge in [-0.1, -0.05) is 74.0 Å². The molecule has 1 heterocycles. The van der Waals surface area contributed by atoms with E-state index < -0.39 is 0 Å². The van der Waals surface area contributed by atoms with Gasteiger partial charge in [-0.3, -0.25) is 0 Å². The van der Waals surface area contributed by atoms with E-state index >= 15 is 0 Å². The Kier molecular flexibility index (Phi) is 7.70. The number of hydrogen-bond donors (Lipinski definition) is 1. The highest BCUT2D eigenvalue weighted by atomic mass is 16.2. The van der Waals surface area contributed by atoms with E-state index in [9.17, 15) is 4.79 Å². The molecule has 2 amide bonds. The minimum Gasteiger partial charge on any atom is -0.334 e. The third-order valence-corrected chi connectivity index (χ3v) is 5.64. The van der Waals surface area contributed by atoms with E-state index in [1.165, 1.54) is 11.1 Å². The molecule has 0 bridgehead atoms. The first kappa shape index (κ1) is 21.4. The quantitative estimate of drug-likeness (QED) is 0.731. The molecule has 4 nitrogen and oxygen atoms in total. The zero-order chi connectivity index (χ0) is 20.6. The molecule has 156 valence electrons. The zero-order valence-electron chi connectivity index (χ0n) is 18.1. The molecular weight excluding hydrogens is 358 g/mol. The van der Waals surface area contributed by atoms with Gasteiger partial charge in [0.05, 0.1) is 0 Å². The third-order valence-electron chi connectivity index (χ3n) is 5.64. The van der Waals surface area contributed by atoms with Gasteiger partial charge in [-0.2, -0.15) is 0 Å². The number of nitrogens with one attached hydrogen (secondary N) is 1. The average molecular weight is 394 g/mol. The van der Waals surface area contributed by atoms with Crippen molar-refractivity contribution in [3.8, 4) is 0 Å². The fourth-order valence-electron chi connectivity index (χ4n) is 4.06. The SMILES string of the molecule is Cc1ccc(CN(C(=O)NCc2ccccc2)C2CCN(CC(C)C)CC2)cc1. The maximum atomic E-state index is 13.1. The van der Waals surface area contributed by atoms with Gasteiger partial charge in [0.15, 0.2) is 0 Å². The fourth-order valence-corrected chi connectivity index (χ4v) is 4.06. The van der Waals surface area contributed by atoms with Crippen LogP contribution in [0.15, 0.2) is 54.6 Å². The van der Waals surface area contributed by atoms with Gasteiger partial charge in [-0.15, -0.1) is 0 Å². The Balaban J connectivity index is 1.66. The van der Waals surface area contributed by atoms with E-state index in [4.69, 9.17) is 0 Å². The molecule has 4 heteroatoms. The van der Waals surface area contributed by atoms with E-state index in [1.807, 2.05) is 18.2 Å². The van der Waals surface area contributed by atoms with Gasteiger partial charge < -0.3 is 15.1 Å². The van der Waals surface area contributed by atoms with Crippen LogP contribution in [0.3, 0.4) is 0 Å². The van der Waals surface area contributed by atoms with Crippen LogP contribution >= 0.6 is 0 Å². The lowest BCUT2D eigenvalue weighted by atomic mass is 10.0. The number of nitrogens with zero attached hydrogens (tertiary/aromatic N) is 2. The molecule has 0 aromatic heterocycles. The maximum absolute atomic E-state index is 13.1. The Morgan fingerprint density at radius 3 is 2.31 bits per heavy atom. The zero-order valence-corrected chi connectivity index (χ0v) is 18.1. The third kappa shape index (κ3) is 6.60. The largest absolute Gasteiger partial charge is 0.334 e. The topological polar surface area (TPSA) is 35.6 Å². The molecule has 0 radical (unpaired) electrons. The molecule has 2 aromatic rings. The van der Waals surface area contributed by atoms with E-state index in [2.05, 4.69) is 72.3 Å². The first-order valence-electron chi connectivity index (χ1n) is 10.9. The number of piperidine rings is 1. The predicted octanol–water partition coefficient (Wildman–Crippen LogP) is 4.83. The van der Waals surface area contributed by atoms with Crippen LogP contribution in [0.5, 0.6) is 0 Å². The number of rotatable bonds is 7. The Morgan fingerprint density at radius 2 is 1.69 bits per heavy atom. The van der Waals surface area contributed by atoms with Crippen molar-refractivity contribution in [2.45, 2.75) is 52.7 Å². The molecule has 1 aliphatic rings. The van der Waals surface area contributed by atoms with Crippen molar-refractivity contribution in [3.63, 3.8) is 0 Å². The van der Waals surface area contributed by atoms with Crippen LogP contribution < -0.4 is 5.32 Å². The van der Waals surface area contributed by atoms with Gasteiger partial charge in [0, 0.05) is 38.8 Å².